The van der Waals surface area contributed by atoms with Crippen LogP contribution in [0.15, 0.2) is 42.7 Å². The first-order valence-corrected chi connectivity index (χ1v) is 7.80. The lowest BCUT2D eigenvalue weighted by atomic mass is 10.3. The van der Waals surface area contributed by atoms with Crippen LogP contribution in [-0.4, -0.2) is 36.5 Å². The van der Waals surface area contributed by atoms with Gasteiger partial charge in [-0.3, -0.25) is 9.48 Å². The number of nitrogens with one attached hydrogen (secondary N) is 1. The van der Waals surface area contributed by atoms with E-state index in [4.69, 9.17) is 16.3 Å². The lowest BCUT2D eigenvalue weighted by molar-refractivity contribution is 0.0686. The number of aromatic nitrogens is 4. The van der Waals surface area contributed by atoms with Gasteiger partial charge in [-0.2, -0.15) is 10.2 Å². The summed E-state index contributed by atoms with van der Waals surface area (Å²) < 4.78 is 8.08. The van der Waals surface area contributed by atoms with Crippen molar-refractivity contribution >= 4 is 29.2 Å². The quantitative estimate of drug-likeness (QED) is 0.683. The molecule has 10 heteroatoms. The van der Waals surface area contributed by atoms with E-state index in [-0.39, 0.29) is 23.8 Å². The van der Waals surface area contributed by atoms with Crippen molar-refractivity contribution in [1.82, 2.24) is 19.6 Å². The minimum atomic E-state index is -1.19. The van der Waals surface area contributed by atoms with E-state index in [1.165, 1.54) is 34.9 Å². The van der Waals surface area contributed by atoms with E-state index in [0.29, 0.717) is 10.8 Å². The minimum absolute atomic E-state index is 0.00376. The molecule has 0 unspecified atom stereocenters. The Balaban J connectivity index is 1.72. The highest BCUT2D eigenvalue weighted by Gasteiger charge is 2.20. The number of anilines is 1. The normalized spacial score (nSPS) is 10.5. The number of ether oxygens (including phenoxy) is 1. The molecule has 3 rings (SSSR count). The fraction of sp³-hybridized carbons (Fsp3) is 0.125. The lowest BCUT2D eigenvalue weighted by Crippen LogP contribution is -2.21. The lowest BCUT2D eigenvalue weighted by Gasteiger charge is -2.10. The van der Waals surface area contributed by atoms with Gasteiger partial charge in [-0.15, -0.1) is 0 Å². The number of amides is 1. The SMILES string of the molecule is Cn1ncc(NC(=O)c2ccnn2COc2ccc(Cl)cc2)c1C(=O)O. The third-order valence-corrected chi connectivity index (χ3v) is 3.76. The number of halogens is 1. The number of carbonyl (C=O) groups excluding carboxylic acids is 1. The third kappa shape index (κ3) is 3.67. The van der Waals surface area contributed by atoms with Crippen molar-refractivity contribution in [2.45, 2.75) is 6.73 Å². The molecule has 0 spiro atoms. The molecule has 1 aromatic carbocycles. The molecule has 0 saturated carbocycles. The number of aryl methyl sites for hydroxylation is 1. The topological polar surface area (TPSA) is 111 Å². The van der Waals surface area contributed by atoms with E-state index in [2.05, 4.69) is 15.5 Å². The van der Waals surface area contributed by atoms with E-state index < -0.39 is 11.9 Å². The number of hydrogen-bond donors (Lipinski definition) is 2. The number of hydrogen-bond acceptors (Lipinski definition) is 5. The van der Waals surface area contributed by atoms with Gasteiger partial charge in [0, 0.05) is 18.3 Å². The molecule has 2 heterocycles. The summed E-state index contributed by atoms with van der Waals surface area (Å²) in [6, 6.07) is 8.25. The predicted octanol–water partition coefficient (Wildman–Crippen LogP) is 2.26. The second-order valence-electron chi connectivity index (χ2n) is 5.23. The van der Waals surface area contributed by atoms with Gasteiger partial charge in [0.25, 0.3) is 5.91 Å². The Kier molecular flexibility index (Phi) is 4.90. The standard InChI is InChI=1S/C16H14ClN5O4/c1-21-14(16(24)25)12(8-19-21)20-15(23)13-6-7-18-22(13)9-26-11-4-2-10(17)3-5-11/h2-8H,9H2,1H3,(H,20,23)(H,24,25). The molecule has 0 aliphatic heterocycles. The van der Waals surface area contributed by atoms with Gasteiger partial charge in [-0.1, -0.05) is 11.6 Å². The fourth-order valence-electron chi connectivity index (χ4n) is 2.26. The van der Waals surface area contributed by atoms with E-state index in [9.17, 15) is 14.7 Å². The zero-order valence-electron chi connectivity index (χ0n) is 13.6. The van der Waals surface area contributed by atoms with E-state index in [1.54, 1.807) is 24.3 Å². The van der Waals surface area contributed by atoms with Crippen molar-refractivity contribution in [3.8, 4) is 5.75 Å². The van der Waals surface area contributed by atoms with E-state index in [1.807, 2.05) is 0 Å². The van der Waals surface area contributed by atoms with Crippen LogP contribution in [0.5, 0.6) is 5.75 Å². The largest absolute Gasteiger partial charge is 0.476 e. The minimum Gasteiger partial charge on any atom is -0.476 e. The van der Waals surface area contributed by atoms with Crippen LogP contribution in [0.3, 0.4) is 0 Å². The molecule has 0 aliphatic carbocycles. The van der Waals surface area contributed by atoms with Crippen molar-refractivity contribution in [3.05, 3.63) is 59.1 Å². The van der Waals surface area contributed by atoms with Gasteiger partial charge in [0.15, 0.2) is 12.4 Å². The maximum absolute atomic E-state index is 12.5. The Labute approximate surface area is 152 Å². The molecule has 9 nitrogen and oxygen atoms in total. The van der Waals surface area contributed by atoms with Crippen molar-refractivity contribution in [2.24, 2.45) is 7.05 Å². The predicted molar refractivity (Wildman–Crippen MR) is 92.4 cm³/mol. The molecular weight excluding hydrogens is 362 g/mol. The molecule has 0 bridgehead atoms. The van der Waals surface area contributed by atoms with Crippen LogP contribution in [0.1, 0.15) is 21.0 Å². The Morgan fingerprint density at radius 2 is 1.96 bits per heavy atom. The van der Waals surface area contributed by atoms with Crippen LogP contribution in [0.25, 0.3) is 0 Å². The van der Waals surface area contributed by atoms with Crippen molar-refractivity contribution in [3.63, 3.8) is 0 Å². The summed E-state index contributed by atoms with van der Waals surface area (Å²) in [6.07, 6.45) is 2.72. The maximum Gasteiger partial charge on any atom is 0.356 e. The van der Waals surface area contributed by atoms with Crippen LogP contribution in [0.4, 0.5) is 5.69 Å². The van der Waals surface area contributed by atoms with E-state index >= 15 is 0 Å². The molecule has 0 atom stereocenters. The average Bonchev–Trinajstić information content (AvgIpc) is 3.21. The van der Waals surface area contributed by atoms with E-state index in [0.717, 1.165) is 0 Å². The summed E-state index contributed by atoms with van der Waals surface area (Å²) in [5.74, 6) is -1.16. The fourth-order valence-corrected chi connectivity index (χ4v) is 2.39. The van der Waals surface area contributed by atoms with Crippen LogP contribution < -0.4 is 10.1 Å². The molecule has 134 valence electrons. The summed E-state index contributed by atoms with van der Waals surface area (Å²) >= 11 is 5.82. The van der Waals surface area contributed by atoms with Crippen LogP contribution in [0.2, 0.25) is 5.02 Å². The van der Waals surface area contributed by atoms with Gasteiger partial charge >= 0.3 is 5.97 Å². The highest BCUT2D eigenvalue weighted by atomic mass is 35.5. The molecule has 1 amide bonds. The second kappa shape index (κ2) is 7.28. The molecule has 0 saturated heterocycles. The highest BCUT2D eigenvalue weighted by Crippen LogP contribution is 2.17. The number of benzene rings is 1. The summed E-state index contributed by atoms with van der Waals surface area (Å²) in [6.45, 7) is -0.00376. The molecule has 3 aromatic rings. The van der Waals surface area contributed by atoms with Crippen molar-refractivity contribution < 1.29 is 19.4 Å². The second-order valence-corrected chi connectivity index (χ2v) is 5.67. The van der Waals surface area contributed by atoms with Gasteiger partial charge in [0.2, 0.25) is 0 Å². The van der Waals surface area contributed by atoms with Gasteiger partial charge in [0.05, 0.1) is 11.9 Å². The molecular formula is C16H14ClN5O4. The molecule has 2 aromatic heterocycles. The van der Waals surface area contributed by atoms with Gasteiger partial charge < -0.3 is 15.2 Å². The maximum atomic E-state index is 12.5. The average molecular weight is 376 g/mol. The monoisotopic (exact) mass is 375 g/mol. The third-order valence-electron chi connectivity index (χ3n) is 3.51. The zero-order chi connectivity index (χ0) is 18.7. The smallest absolute Gasteiger partial charge is 0.356 e. The first-order chi connectivity index (χ1) is 12.5. The first-order valence-electron chi connectivity index (χ1n) is 7.42. The van der Waals surface area contributed by atoms with Gasteiger partial charge in [0.1, 0.15) is 11.4 Å². The molecule has 26 heavy (non-hydrogen) atoms. The number of aromatic carboxylic acids is 1. The molecule has 2 N–H and O–H groups in total. The number of carboxylic acid groups (broad SMARTS) is 1. The number of carbonyl (C=O) groups is 2. The van der Waals surface area contributed by atoms with Crippen LogP contribution in [0, 0.1) is 0 Å². The number of nitrogens with zero attached hydrogens (tertiary/aromatic N) is 4. The van der Waals surface area contributed by atoms with Crippen molar-refractivity contribution in [1.29, 1.82) is 0 Å². The molecule has 0 radical (unpaired) electrons. The summed E-state index contributed by atoms with van der Waals surface area (Å²) in [5.41, 5.74) is 0.178. The Hall–Kier alpha value is -3.33. The number of carboxylic acids is 1. The Bertz CT molecular complexity index is 948. The molecule has 0 aliphatic rings. The van der Waals surface area contributed by atoms with Crippen LogP contribution >= 0.6 is 11.6 Å². The van der Waals surface area contributed by atoms with Gasteiger partial charge in [-0.25, -0.2) is 9.48 Å². The Morgan fingerprint density at radius 1 is 1.23 bits per heavy atom. The zero-order valence-corrected chi connectivity index (χ0v) is 14.3. The highest BCUT2D eigenvalue weighted by molar-refractivity contribution is 6.30. The van der Waals surface area contributed by atoms with Crippen LogP contribution in [-0.2, 0) is 13.8 Å². The van der Waals surface area contributed by atoms with Crippen molar-refractivity contribution in [2.75, 3.05) is 5.32 Å². The summed E-state index contributed by atoms with van der Waals surface area (Å²) in [5, 5.41) is 20.2. The summed E-state index contributed by atoms with van der Waals surface area (Å²) in [7, 11) is 1.48. The first kappa shape index (κ1) is 17.5. The Morgan fingerprint density at radius 3 is 2.65 bits per heavy atom. The number of rotatable bonds is 6. The molecule has 0 fully saturated rings. The van der Waals surface area contributed by atoms with Gasteiger partial charge in [-0.05, 0) is 30.3 Å². The summed E-state index contributed by atoms with van der Waals surface area (Å²) in [4.78, 5) is 23.7.